The summed E-state index contributed by atoms with van der Waals surface area (Å²) in [6, 6.07) is 7.12. The highest BCUT2D eigenvalue weighted by atomic mass is 32.2. The number of nitrogens with one attached hydrogen (secondary N) is 2. The van der Waals surface area contributed by atoms with Crippen LogP contribution in [0.3, 0.4) is 0 Å². The lowest BCUT2D eigenvalue weighted by Gasteiger charge is -2.05. The summed E-state index contributed by atoms with van der Waals surface area (Å²) in [4.78, 5) is 3.38. The second kappa shape index (κ2) is 3.33. The van der Waals surface area contributed by atoms with E-state index in [9.17, 15) is 8.42 Å². The van der Waals surface area contributed by atoms with Crippen LogP contribution in [0, 0.1) is 0 Å². The van der Waals surface area contributed by atoms with Crippen LogP contribution in [-0.2, 0) is 10.0 Å². The Morgan fingerprint density at radius 2 is 2.06 bits per heavy atom. The first-order valence-electron chi connectivity index (χ1n) is 5.25. The maximum Gasteiger partial charge on any atom is 0.240 e. The van der Waals surface area contributed by atoms with E-state index in [2.05, 4.69) is 9.71 Å². The number of H-pyrrole nitrogens is 1. The van der Waals surface area contributed by atoms with E-state index in [1.54, 1.807) is 24.4 Å². The SMILES string of the molecule is O=S(=O)(NC1CC1)c1ccc2[nH]ccc2c1. The van der Waals surface area contributed by atoms with Gasteiger partial charge in [0.05, 0.1) is 4.90 Å². The van der Waals surface area contributed by atoms with Crippen molar-refractivity contribution in [2.75, 3.05) is 0 Å². The second-order valence-corrected chi connectivity index (χ2v) is 5.84. The summed E-state index contributed by atoms with van der Waals surface area (Å²) in [5.41, 5.74) is 0.949. The number of fused-ring (bicyclic) bond motifs is 1. The van der Waals surface area contributed by atoms with Crippen LogP contribution in [-0.4, -0.2) is 19.4 Å². The fourth-order valence-electron chi connectivity index (χ4n) is 1.69. The molecule has 0 saturated heterocycles. The van der Waals surface area contributed by atoms with Gasteiger partial charge in [-0.3, -0.25) is 0 Å². The summed E-state index contributed by atoms with van der Waals surface area (Å²) in [6.07, 6.45) is 3.70. The number of aromatic amines is 1. The Labute approximate surface area is 93.7 Å². The van der Waals surface area contributed by atoms with E-state index in [0.29, 0.717) is 4.90 Å². The Balaban J connectivity index is 2.03. The largest absolute Gasteiger partial charge is 0.361 e. The van der Waals surface area contributed by atoms with E-state index >= 15 is 0 Å². The molecule has 0 aliphatic heterocycles. The summed E-state index contributed by atoms with van der Waals surface area (Å²) in [5, 5.41) is 0.915. The van der Waals surface area contributed by atoms with Gasteiger partial charge in [0.15, 0.2) is 0 Å². The van der Waals surface area contributed by atoms with Gasteiger partial charge in [0.25, 0.3) is 0 Å². The molecule has 0 atom stereocenters. The van der Waals surface area contributed by atoms with Crippen LogP contribution in [0.4, 0.5) is 0 Å². The molecule has 16 heavy (non-hydrogen) atoms. The molecular formula is C11H12N2O2S. The Hall–Kier alpha value is -1.33. The molecule has 1 saturated carbocycles. The van der Waals surface area contributed by atoms with Crippen molar-refractivity contribution in [3.8, 4) is 0 Å². The fourth-order valence-corrected chi connectivity index (χ4v) is 3.03. The van der Waals surface area contributed by atoms with Crippen LogP contribution in [0.25, 0.3) is 10.9 Å². The van der Waals surface area contributed by atoms with Crippen molar-refractivity contribution >= 4 is 20.9 Å². The highest BCUT2D eigenvalue weighted by molar-refractivity contribution is 7.89. The molecule has 2 N–H and O–H groups in total. The lowest BCUT2D eigenvalue weighted by Crippen LogP contribution is -2.25. The lowest BCUT2D eigenvalue weighted by molar-refractivity contribution is 0.581. The Kier molecular flexibility index (Phi) is 2.05. The number of benzene rings is 1. The zero-order valence-corrected chi connectivity index (χ0v) is 9.42. The van der Waals surface area contributed by atoms with E-state index < -0.39 is 10.0 Å². The van der Waals surface area contributed by atoms with Gasteiger partial charge < -0.3 is 4.98 Å². The molecule has 1 heterocycles. The molecule has 5 heteroatoms. The summed E-state index contributed by atoms with van der Waals surface area (Å²) in [6.45, 7) is 0. The number of aromatic nitrogens is 1. The first-order chi connectivity index (χ1) is 7.65. The molecule has 1 aromatic carbocycles. The van der Waals surface area contributed by atoms with Crippen LogP contribution in [0.15, 0.2) is 35.4 Å². The van der Waals surface area contributed by atoms with Crippen LogP contribution in [0.5, 0.6) is 0 Å². The average molecular weight is 236 g/mol. The van der Waals surface area contributed by atoms with Gasteiger partial charge in [0.2, 0.25) is 10.0 Å². The van der Waals surface area contributed by atoms with Crippen molar-refractivity contribution in [3.05, 3.63) is 30.5 Å². The second-order valence-electron chi connectivity index (χ2n) is 4.12. The first-order valence-corrected chi connectivity index (χ1v) is 6.73. The predicted molar refractivity (Wildman–Crippen MR) is 61.6 cm³/mol. The zero-order chi connectivity index (χ0) is 11.2. The van der Waals surface area contributed by atoms with Crippen LogP contribution >= 0.6 is 0 Å². The molecule has 2 aromatic rings. The minimum absolute atomic E-state index is 0.145. The van der Waals surface area contributed by atoms with E-state index in [0.717, 1.165) is 23.7 Å². The van der Waals surface area contributed by atoms with Gasteiger partial charge >= 0.3 is 0 Å². The molecule has 1 aliphatic rings. The Bertz CT molecular complexity index is 626. The van der Waals surface area contributed by atoms with Gasteiger partial charge in [-0.1, -0.05) is 0 Å². The third kappa shape index (κ3) is 1.72. The van der Waals surface area contributed by atoms with Crippen molar-refractivity contribution in [2.24, 2.45) is 0 Å². The average Bonchev–Trinajstić information content (AvgIpc) is 2.93. The summed E-state index contributed by atoms with van der Waals surface area (Å²) in [7, 11) is -3.33. The molecule has 1 aromatic heterocycles. The maximum absolute atomic E-state index is 11.9. The molecule has 1 fully saturated rings. The molecule has 3 rings (SSSR count). The lowest BCUT2D eigenvalue weighted by atomic mass is 10.2. The zero-order valence-electron chi connectivity index (χ0n) is 8.60. The molecule has 0 spiro atoms. The number of hydrogen-bond donors (Lipinski definition) is 2. The van der Waals surface area contributed by atoms with Gasteiger partial charge in [-0.2, -0.15) is 0 Å². The molecule has 84 valence electrons. The van der Waals surface area contributed by atoms with E-state index in [4.69, 9.17) is 0 Å². The van der Waals surface area contributed by atoms with Crippen molar-refractivity contribution in [1.82, 2.24) is 9.71 Å². The van der Waals surface area contributed by atoms with Gasteiger partial charge in [-0.15, -0.1) is 0 Å². The van der Waals surface area contributed by atoms with Crippen LogP contribution in [0.2, 0.25) is 0 Å². The Morgan fingerprint density at radius 1 is 1.25 bits per heavy atom. The summed E-state index contributed by atoms with van der Waals surface area (Å²) < 4.78 is 26.5. The highest BCUT2D eigenvalue weighted by Gasteiger charge is 2.27. The van der Waals surface area contributed by atoms with Gasteiger partial charge in [0, 0.05) is 23.1 Å². The smallest absolute Gasteiger partial charge is 0.240 e. The summed E-state index contributed by atoms with van der Waals surface area (Å²) in [5.74, 6) is 0. The third-order valence-electron chi connectivity index (χ3n) is 2.73. The first kappa shape index (κ1) is 9.86. The number of hydrogen-bond acceptors (Lipinski definition) is 2. The topological polar surface area (TPSA) is 62.0 Å². The Morgan fingerprint density at radius 3 is 2.81 bits per heavy atom. The maximum atomic E-state index is 11.9. The third-order valence-corrected chi connectivity index (χ3v) is 4.25. The van der Waals surface area contributed by atoms with Gasteiger partial charge in [0.1, 0.15) is 0 Å². The standard InChI is InChI=1S/C11H12N2O2S/c14-16(15,13-9-1-2-9)10-3-4-11-8(7-10)5-6-12-11/h3-7,9,12-13H,1-2H2. The van der Waals surface area contributed by atoms with Gasteiger partial charge in [-0.25, -0.2) is 13.1 Å². The van der Waals surface area contributed by atoms with E-state index in [1.165, 1.54) is 0 Å². The predicted octanol–water partition coefficient (Wildman–Crippen LogP) is 1.61. The molecular weight excluding hydrogens is 224 g/mol. The normalized spacial score (nSPS) is 16.8. The highest BCUT2D eigenvalue weighted by Crippen LogP contribution is 2.23. The van der Waals surface area contributed by atoms with Crippen LogP contribution < -0.4 is 4.72 Å². The number of rotatable bonds is 3. The minimum Gasteiger partial charge on any atom is -0.361 e. The van der Waals surface area contributed by atoms with Crippen molar-refractivity contribution in [2.45, 2.75) is 23.8 Å². The molecule has 0 unspecified atom stereocenters. The number of sulfonamides is 1. The van der Waals surface area contributed by atoms with Crippen LogP contribution in [0.1, 0.15) is 12.8 Å². The molecule has 0 bridgehead atoms. The summed E-state index contributed by atoms with van der Waals surface area (Å²) >= 11 is 0. The molecule has 1 aliphatic carbocycles. The fraction of sp³-hybridized carbons (Fsp3) is 0.273. The van der Waals surface area contributed by atoms with E-state index in [1.807, 2.05) is 6.07 Å². The minimum atomic E-state index is -3.33. The quantitative estimate of drug-likeness (QED) is 0.850. The van der Waals surface area contributed by atoms with Crippen molar-refractivity contribution in [1.29, 1.82) is 0 Å². The molecule has 4 nitrogen and oxygen atoms in total. The van der Waals surface area contributed by atoms with E-state index in [-0.39, 0.29) is 6.04 Å². The van der Waals surface area contributed by atoms with Crippen molar-refractivity contribution in [3.63, 3.8) is 0 Å². The molecule has 0 radical (unpaired) electrons. The molecule has 0 amide bonds. The van der Waals surface area contributed by atoms with Gasteiger partial charge in [-0.05, 0) is 37.1 Å². The van der Waals surface area contributed by atoms with Crippen molar-refractivity contribution < 1.29 is 8.42 Å². The monoisotopic (exact) mass is 236 g/mol.